The molecule has 3 amide bonds. The Hall–Kier alpha value is -1.60. The van der Waals surface area contributed by atoms with Crippen molar-refractivity contribution < 1.29 is 14.7 Å². The molecular weight excluding hydrogens is 266 g/mol. The zero-order valence-corrected chi connectivity index (χ0v) is 11.3. The molecule has 0 bridgehead atoms. The van der Waals surface area contributed by atoms with Gasteiger partial charge in [-0.3, -0.25) is 10.1 Å². The Labute approximate surface area is 115 Å². The molecule has 0 aromatic carbocycles. The number of anilines is 1. The second-order valence-corrected chi connectivity index (χ2v) is 5.49. The van der Waals surface area contributed by atoms with Gasteiger partial charge in [-0.2, -0.15) is 0 Å². The van der Waals surface area contributed by atoms with Crippen LogP contribution in [0.15, 0.2) is 0 Å². The van der Waals surface area contributed by atoms with Crippen LogP contribution >= 0.6 is 11.3 Å². The first-order chi connectivity index (χ1) is 9.13. The predicted molar refractivity (Wildman–Crippen MR) is 73.6 cm³/mol. The Morgan fingerprint density at radius 3 is 2.74 bits per heavy atom. The smallest absolute Gasteiger partial charge is 0.319 e. The minimum absolute atomic E-state index is 0.128. The van der Waals surface area contributed by atoms with E-state index in [1.807, 2.05) is 0 Å². The molecule has 19 heavy (non-hydrogen) atoms. The van der Waals surface area contributed by atoms with Crippen molar-refractivity contribution in [2.75, 3.05) is 18.5 Å². The molecule has 0 atom stereocenters. The van der Waals surface area contributed by atoms with Gasteiger partial charge in [0.15, 0.2) is 0 Å². The highest BCUT2D eigenvalue weighted by Gasteiger charge is 2.24. The molecule has 1 heterocycles. The van der Waals surface area contributed by atoms with Gasteiger partial charge in [0.1, 0.15) is 5.00 Å². The van der Waals surface area contributed by atoms with E-state index >= 15 is 0 Å². The summed E-state index contributed by atoms with van der Waals surface area (Å²) in [5.41, 5.74) is 6.85. The molecule has 104 valence electrons. The van der Waals surface area contributed by atoms with Gasteiger partial charge < -0.3 is 16.2 Å². The summed E-state index contributed by atoms with van der Waals surface area (Å²) in [7, 11) is 0. The van der Waals surface area contributed by atoms with E-state index in [-0.39, 0.29) is 13.2 Å². The van der Waals surface area contributed by atoms with Gasteiger partial charge in [0.25, 0.3) is 5.91 Å². The van der Waals surface area contributed by atoms with Crippen molar-refractivity contribution in [2.45, 2.75) is 25.7 Å². The van der Waals surface area contributed by atoms with Crippen molar-refractivity contribution >= 4 is 28.3 Å². The standard InChI is InChI=1S/C12H17N3O3S/c13-10(17)9-7-3-1-2-4-8(7)19-11(9)15-12(18)14-5-6-16/h16H,1-6H2,(H2,13,17)(H2,14,15,18). The molecule has 7 heteroatoms. The first-order valence-electron chi connectivity index (χ1n) is 6.23. The number of primary amides is 1. The first-order valence-corrected chi connectivity index (χ1v) is 7.05. The average Bonchev–Trinajstić information content (AvgIpc) is 2.74. The Morgan fingerprint density at radius 2 is 2.05 bits per heavy atom. The monoisotopic (exact) mass is 283 g/mol. The Bertz CT molecular complexity index is 499. The van der Waals surface area contributed by atoms with E-state index in [9.17, 15) is 9.59 Å². The lowest BCUT2D eigenvalue weighted by molar-refractivity contribution is 0.100. The van der Waals surface area contributed by atoms with Crippen LogP contribution in [0.3, 0.4) is 0 Å². The lowest BCUT2D eigenvalue weighted by Gasteiger charge is -2.11. The second kappa shape index (κ2) is 6.03. The molecule has 6 nitrogen and oxygen atoms in total. The number of nitrogens with one attached hydrogen (secondary N) is 2. The summed E-state index contributed by atoms with van der Waals surface area (Å²) >= 11 is 1.42. The van der Waals surface area contributed by atoms with Crippen LogP contribution in [0, 0.1) is 0 Å². The van der Waals surface area contributed by atoms with Crippen LogP contribution in [0.2, 0.25) is 0 Å². The van der Waals surface area contributed by atoms with E-state index in [1.54, 1.807) is 0 Å². The molecule has 0 aliphatic heterocycles. The quantitative estimate of drug-likeness (QED) is 0.658. The number of rotatable bonds is 4. The molecule has 0 fully saturated rings. The van der Waals surface area contributed by atoms with Gasteiger partial charge in [0.05, 0.1) is 12.2 Å². The van der Waals surface area contributed by atoms with Crippen LogP contribution in [-0.2, 0) is 12.8 Å². The Morgan fingerprint density at radius 1 is 1.32 bits per heavy atom. The highest BCUT2D eigenvalue weighted by molar-refractivity contribution is 7.17. The summed E-state index contributed by atoms with van der Waals surface area (Å²) in [5, 5.41) is 14.3. The Kier molecular flexibility index (Phi) is 4.39. The molecule has 0 saturated heterocycles. The third kappa shape index (κ3) is 3.05. The number of aliphatic hydroxyl groups is 1. The number of amides is 3. The van der Waals surface area contributed by atoms with Crippen LogP contribution in [0.25, 0.3) is 0 Å². The molecule has 2 rings (SSSR count). The number of thiophene rings is 1. The maximum Gasteiger partial charge on any atom is 0.319 e. The van der Waals surface area contributed by atoms with Crippen molar-refractivity contribution in [3.63, 3.8) is 0 Å². The maximum atomic E-state index is 11.6. The van der Waals surface area contributed by atoms with Gasteiger partial charge in [-0.05, 0) is 31.2 Å². The average molecular weight is 283 g/mol. The fourth-order valence-electron chi connectivity index (χ4n) is 2.23. The molecule has 0 saturated carbocycles. The summed E-state index contributed by atoms with van der Waals surface area (Å²) in [6.07, 6.45) is 3.91. The van der Waals surface area contributed by atoms with Crippen molar-refractivity contribution in [1.82, 2.24) is 5.32 Å². The fraction of sp³-hybridized carbons (Fsp3) is 0.500. The number of hydrogen-bond donors (Lipinski definition) is 4. The number of nitrogens with two attached hydrogens (primary N) is 1. The summed E-state index contributed by atoms with van der Waals surface area (Å²) in [6, 6.07) is -0.435. The van der Waals surface area contributed by atoms with Crippen molar-refractivity contribution in [3.8, 4) is 0 Å². The highest BCUT2D eigenvalue weighted by atomic mass is 32.1. The number of carbonyl (C=O) groups is 2. The van der Waals surface area contributed by atoms with Crippen molar-refractivity contribution in [2.24, 2.45) is 5.73 Å². The fourth-order valence-corrected chi connectivity index (χ4v) is 3.52. The van der Waals surface area contributed by atoms with Gasteiger partial charge in [0.2, 0.25) is 0 Å². The van der Waals surface area contributed by atoms with Crippen LogP contribution in [0.1, 0.15) is 33.6 Å². The number of fused-ring (bicyclic) bond motifs is 1. The van der Waals surface area contributed by atoms with Crippen LogP contribution in [0.5, 0.6) is 0 Å². The molecule has 0 spiro atoms. The largest absolute Gasteiger partial charge is 0.395 e. The van der Waals surface area contributed by atoms with E-state index in [2.05, 4.69) is 10.6 Å². The molecule has 1 aromatic heterocycles. The van der Waals surface area contributed by atoms with E-state index in [4.69, 9.17) is 10.8 Å². The van der Waals surface area contributed by atoms with E-state index in [0.717, 1.165) is 36.1 Å². The summed E-state index contributed by atoms with van der Waals surface area (Å²) in [5.74, 6) is -0.503. The zero-order chi connectivity index (χ0) is 13.8. The lowest BCUT2D eigenvalue weighted by atomic mass is 9.95. The molecule has 5 N–H and O–H groups in total. The zero-order valence-electron chi connectivity index (χ0n) is 10.5. The number of urea groups is 1. The van der Waals surface area contributed by atoms with Crippen molar-refractivity contribution in [1.29, 1.82) is 0 Å². The molecule has 0 radical (unpaired) electrons. The van der Waals surface area contributed by atoms with Crippen LogP contribution in [0.4, 0.5) is 9.80 Å². The summed E-state index contributed by atoms with van der Waals surface area (Å²) < 4.78 is 0. The van der Waals surface area contributed by atoms with Crippen molar-refractivity contribution in [3.05, 3.63) is 16.0 Å². The third-order valence-electron chi connectivity index (χ3n) is 3.04. The molecule has 1 aliphatic rings. The number of aliphatic hydroxyl groups excluding tert-OH is 1. The topological polar surface area (TPSA) is 104 Å². The van der Waals surface area contributed by atoms with Gasteiger partial charge in [-0.1, -0.05) is 0 Å². The Balaban J connectivity index is 2.22. The van der Waals surface area contributed by atoms with Gasteiger partial charge in [0, 0.05) is 11.4 Å². The summed E-state index contributed by atoms with van der Waals surface area (Å²) in [6.45, 7) is 0.0415. The normalized spacial score (nSPS) is 13.7. The number of carbonyl (C=O) groups excluding carboxylic acids is 2. The molecule has 1 aromatic rings. The van der Waals surface area contributed by atoms with E-state index < -0.39 is 11.9 Å². The molecule has 0 unspecified atom stereocenters. The van der Waals surface area contributed by atoms with Gasteiger partial charge in [-0.25, -0.2) is 4.79 Å². The number of hydrogen-bond acceptors (Lipinski definition) is 4. The minimum atomic E-state index is -0.503. The van der Waals surface area contributed by atoms with E-state index in [1.165, 1.54) is 11.3 Å². The van der Waals surface area contributed by atoms with Gasteiger partial charge >= 0.3 is 6.03 Å². The molecule has 1 aliphatic carbocycles. The SMILES string of the molecule is NC(=O)c1c(NC(=O)NCCO)sc2c1CCCC2. The second-order valence-electron chi connectivity index (χ2n) is 4.38. The van der Waals surface area contributed by atoms with Gasteiger partial charge in [-0.15, -0.1) is 11.3 Å². The lowest BCUT2D eigenvalue weighted by Crippen LogP contribution is -2.31. The van der Waals surface area contributed by atoms with E-state index in [0.29, 0.717) is 10.6 Å². The first kappa shape index (κ1) is 13.8. The van der Waals surface area contributed by atoms with Crippen LogP contribution < -0.4 is 16.4 Å². The van der Waals surface area contributed by atoms with Crippen LogP contribution in [-0.4, -0.2) is 30.2 Å². The summed E-state index contributed by atoms with van der Waals surface area (Å²) in [4.78, 5) is 24.3. The predicted octanol–water partition coefficient (Wildman–Crippen LogP) is 0.840. The third-order valence-corrected chi connectivity index (χ3v) is 4.25. The molecular formula is C12H17N3O3S. The maximum absolute atomic E-state index is 11.6. The minimum Gasteiger partial charge on any atom is -0.395 e. The highest BCUT2D eigenvalue weighted by Crippen LogP contribution is 2.37. The number of aryl methyl sites for hydroxylation is 1.